The highest BCUT2D eigenvalue weighted by Gasteiger charge is 2.17. The van der Waals surface area contributed by atoms with Crippen molar-refractivity contribution in [2.75, 3.05) is 18.9 Å². The second-order valence-corrected chi connectivity index (χ2v) is 4.12. The smallest absolute Gasteiger partial charge is 0.244 e. The third-order valence-corrected chi connectivity index (χ3v) is 2.83. The molecule has 0 saturated carbocycles. The van der Waals surface area contributed by atoms with Gasteiger partial charge in [0.1, 0.15) is 11.9 Å². The molecule has 1 atom stereocenters. The number of carbonyl (C=O) groups excluding carboxylic acids is 1. The van der Waals surface area contributed by atoms with E-state index in [2.05, 4.69) is 14.7 Å². The van der Waals surface area contributed by atoms with Crippen molar-refractivity contribution in [1.29, 1.82) is 0 Å². The standard InChI is InChI=1S/C9H16N4OS/c1-5-13(4)8(14)6(2)10-9-11-7(3)12-15-9/h6H,5H2,1-4H3,(H,10,11,12). The maximum absolute atomic E-state index is 11.7. The zero-order valence-corrected chi connectivity index (χ0v) is 10.3. The van der Waals surface area contributed by atoms with Crippen molar-refractivity contribution >= 4 is 22.6 Å². The summed E-state index contributed by atoms with van der Waals surface area (Å²) in [7, 11) is 1.78. The third kappa shape index (κ3) is 3.16. The Labute approximate surface area is 93.7 Å². The van der Waals surface area contributed by atoms with Crippen molar-refractivity contribution in [3.05, 3.63) is 5.82 Å². The summed E-state index contributed by atoms with van der Waals surface area (Å²) in [4.78, 5) is 17.5. The van der Waals surface area contributed by atoms with E-state index < -0.39 is 0 Å². The first kappa shape index (κ1) is 11.9. The summed E-state index contributed by atoms with van der Waals surface area (Å²) in [5.74, 6) is 0.788. The van der Waals surface area contributed by atoms with Crippen LogP contribution in [0.5, 0.6) is 0 Å². The van der Waals surface area contributed by atoms with Crippen LogP contribution >= 0.6 is 11.5 Å². The molecule has 1 aromatic heterocycles. The molecule has 0 aliphatic rings. The van der Waals surface area contributed by atoms with Crippen molar-refractivity contribution in [2.45, 2.75) is 26.8 Å². The lowest BCUT2D eigenvalue weighted by Gasteiger charge is -2.19. The summed E-state index contributed by atoms with van der Waals surface area (Å²) in [5, 5.41) is 3.72. The number of nitrogens with one attached hydrogen (secondary N) is 1. The number of likely N-dealkylation sites (N-methyl/N-ethyl adjacent to an activating group) is 1. The van der Waals surface area contributed by atoms with E-state index in [-0.39, 0.29) is 11.9 Å². The van der Waals surface area contributed by atoms with E-state index in [0.29, 0.717) is 11.7 Å². The second-order valence-electron chi connectivity index (χ2n) is 3.37. The van der Waals surface area contributed by atoms with Gasteiger partial charge in [-0.15, -0.1) is 0 Å². The van der Waals surface area contributed by atoms with Gasteiger partial charge in [0.15, 0.2) is 0 Å². The summed E-state index contributed by atoms with van der Waals surface area (Å²) >= 11 is 1.27. The van der Waals surface area contributed by atoms with Crippen LogP contribution in [0.2, 0.25) is 0 Å². The van der Waals surface area contributed by atoms with Gasteiger partial charge in [0.25, 0.3) is 0 Å². The fraction of sp³-hybridized carbons (Fsp3) is 0.667. The highest BCUT2D eigenvalue weighted by molar-refractivity contribution is 7.09. The summed E-state index contributed by atoms with van der Waals surface area (Å²) in [6.07, 6.45) is 0. The van der Waals surface area contributed by atoms with Crippen molar-refractivity contribution in [1.82, 2.24) is 14.3 Å². The monoisotopic (exact) mass is 228 g/mol. The average molecular weight is 228 g/mol. The highest BCUT2D eigenvalue weighted by Crippen LogP contribution is 2.11. The number of hydrogen-bond acceptors (Lipinski definition) is 5. The zero-order chi connectivity index (χ0) is 11.4. The minimum atomic E-state index is -0.262. The largest absolute Gasteiger partial charge is 0.349 e. The summed E-state index contributed by atoms with van der Waals surface area (Å²) < 4.78 is 4.04. The predicted octanol–water partition coefficient (Wildman–Crippen LogP) is 1.13. The Morgan fingerprint density at radius 1 is 1.67 bits per heavy atom. The van der Waals surface area contributed by atoms with Crippen LogP contribution in [0.15, 0.2) is 0 Å². The molecule has 0 aromatic carbocycles. The number of aryl methyl sites for hydroxylation is 1. The Balaban J connectivity index is 2.55. The van der Waals surface area contributed by atoms with Crippen LogP contribution in [0.1, 0.15) is 19.7 Å². The molecule has 0 aliphatic carbocycles. The Bertz CT molecular complexity index is 339. The van der Waals surface area contributed by atoms with E-state index in [4.69, 9.17) is 0 Å². The number of hydrogen-bond donors (Lipinski definition) is 1. The van der Waals surface area contributed by atoms with Crippen LogP contribution in [0.25, 0.3) is 0 Å². The quantitative estimate of drug-likeness (QED) is 0.839. The van der Waals surface area contributed by atoms with Crippen molar-refractivity contribution in [2.24, 2.45) is 0 Å². The highest BCUT2D eigenvalue weighted by atomic mass is 32.1. The van der Waals surface area contributed by atoms with E-state index in [1.165, 1.54) is 11.5 Å². The first-order valence-electron chi connectivity index (χ1n) is 4.86. The molecule has 0 fully saturated rings. The molecule has 1 aromatic rings. The Kier molecular flexibility index (Phi) is 4.02. The minimum Gasteiger partial charge on any atom is -0.349 e. The molecule has 0 radical (unpaired) electrons. The molecular weight excluding hydrogens is 212 g/mol. The molecule has 0 spiro atoms. The molecule has 5 nitrogen and oxygen atoms in total. The Morgan fingerprint density at radius 3 is 2.80 bits per heavy atom. The van der Waals surface area contributed by atoms with Gasteiger partial charge in [-0.2, -0.15) is 4.37 Å². The molecule has 1 unspecified atom stereocenters. The topological polar surface area (TPSA) is 58.1 Å². The van der Waals surface area contributed by atoms with Crippen LogP contribution < -0.4 is 5.32 Å². The Hall–Kier alpha value is -1.17. The minimum absolute atomic E-state index is 0.0605. The zero-order valence-electron chi connectivity index (χ0n) is 9.44. The van der Waals surface area contributed by atoms with Crippen molar-refractivity contribution in [3.8, 4) is 0 Å². The van der Waals surface area contributed by atoms with E-state index in [1.54, 1.807) is 11.9 Å². The van der Waals surface area contributed by atoms with Gasteiger partial charge >= 0.3 is 0 Å². The van der Waals surface area contributed by atoms with Crippen molar-refractivity contribution < 1.29 is 4.79 Å². The van der Waals surface area contributed by atoms with Gasteiger partial charge in [-0.1, -0.05) is 0 Å². The van der Waals surface area contributed by atoms with Crippen LogP contribution in [0, 0.1) is 6.92 Å². The summed E-state index contributed by atoms with van der Waals surface area (Å²) in [5.41, 5.74) is 0. The lowest BCUT2D eigenvalue weighted by molar-refractivity contribution is -0.130. The molecule has 1 amide bonds. The van der Waals surface area contributed by atoms with Gasteiger partial charge in [0, 0.05) is 25.1 Å². The fourth-order valence-electron chi connectivity index (χ4n) is 1.09. The van der Waals surface area contributed by atoms with E-state index in [0.717, 1.165) is 5.82 Å². The van der Waals surface area contributed by atoms with Crippen LogP contribution in [-0.2, 0) is 4.79 Å². The number of amides is 1. The van der Waals surface area contributed by atoms with E-state index >= 15 is 0 Å². The normalized spacial score (nSPS) is 12.3. The molecule has 0 aliphatic heterocycles. The average Bonchev–Trinajstić information content (AvgIpc) is 2.61. The SMILES string of the molecule is CCN(C)C(=O)C(C)Nc1nc(C)ns1. The van der Waals surface area contributed by atoms with Gasteiger partial charge in [-0.25, -0.2) is 4.98 Å². The van der Waals surface area contributed by atoms with E-state index in [9.17, 15) is 4.79 Å². The molecule has 1 rings (SSSR count). The van der Waals surface area contributed by atoms with Crippen LogP contribution in [0.4, 0.5) is 5.13 Å². The lowest BCUT2D eigenvalue weighted by atomic mass is 10.3. The van der Waals surface area contributed by atoms with Crippen molar-refractivity contribution in [3.63, 3.8) is 0 Å². The maximum atomic E-state index is 11.7. The number of carbonyl (C=O) groups is 1. The molecule has 1 N–H and O–H groups in total. The molecular formula is C9H16N4OS. The first-order valence-corrected chi connectivity index (χ1v) is 5.63. The maximum Gasteiger partial charge on any atom is 0.244 e. The van der Waals surface area contributed by atoms with Crippen LogP contribution in [0.3, 0.4) is 0 Å². The number of nitrogens with zero attached hydrogens (tertiary/aromatic N) is 3. The Morgan fingerprint density at radius 2 is 2.33 bits per heavy atom. The molecule has 6 heteroatoms. The second kappa shape index (κ2) is 5.06. The third-order valence-electron chi connectivity index (χ3n) is 2.09. The molecule has 0 saturated heterocycles. The molecule has 15 heavy (non-hydrogen) atoms. The number of rotatable bonds is 4. The molecule has 0 bridgehead atoms. The summed E-state index contributed by atoms with van der Waals surface area (Å²) in [6.45, 7) is 6.30. The molecule has 1 heterocycles. The first-order chi connectivity index (χ1) is 7.04. The van der Waals surface area contributed by atoms with Crippen LogP contribution in [-0.4, -0.2) is 39.8 Å². The van der Waals surface area contributed by atoms with Gasteiger partial charge in [-0.3, -0.25) is 4.79 Å². The fourth-order valence-corrected chi connectivity index (χ4v) is 1.75. The molecule has 84 valence electrons. The lowest BCUT2D eigenvalue weighted by Crippen LogP contribution is -2.38. The van der Waals surface area contributed by atoms with Gasteiger partial charge < -0.3 is 10.2 Å². The van der Waals surface area contributed by atoms with Gasteiger partial charge in [0.2, 0.25) is 11.0 Å². The summed E-state index contributed by atoms with van der Waals surface area (Å²) in [6, 6.07) is -0.262. The van der Waals surface area contributed by atoms with E-state index in [1.807, 2.05) is 20.8 Å². The predicted molar refractivity (Wildman–Crippen MR) is 61.0 cm³/mol. The number of anilines is 1. The number of aromatic nitrogens is 2. The van der Waals surface area contributed by atoms with Gasteiger partial charge in [0.05, 0.1) is 0 Å². The van der Waals surface area contributed by atoms with Gasteiger partial charge in [-0.05, 0) is 20.8 Å².